The van der Waals surface area contributed by atoms with Crippen LogP contribution in [0.2, 0.25) is 0 Å². The number of aromatic hydroxyl groups is 8. The number of ether oxygens (including phenoxy) is 4. The van der Waals surface area contributed by atoms with Gasteiger partial charge >= 0.3 is 23.9 Å². The van der Waals surface area contributed by atoms with Crippen LogP contribution in [0.15, 0.2) is 72.8 Å². The van der Waals surface area contributed by atoms with Crippen LogP contribution >= 0.6 is 0 Å². The summed E-state index contributed by atoms with van der Waals surface area (Å²) >= 11 is 0. The third-order valence-corrected chi connectivity index (χ3v) is 8.12. The summed E-state index contributed by atoms with van der Waals surface area (Å²) in [6.07, 6.45) is -2.45. The van der Waals surface area contributed by atoms with Crippen molar-refractivity contribution in [3.63, 3.8) is 0 Å². The van der Waals surface area contributed by atoms with Crippen LogP contribution < -0.4 is 0 Å². The van der Waals surface area contributed by atoms with Crippen LogP contribution in [0.3, 0.4) is 0 Å². The topological polar surface area (TPSA) is 267 Å². The molecule has 4 aromatic carbocycles. The van der Waals surface area contributed by atoms with E-state index in [1.807, 2.05) is 0 Å². The Morgan fingerprint density at radius 3 is 1.72 bits per heavy atom. The predicted molar refractivity (Wildman–Crippen MR) is 186 cm³/mol. The van der Waals surface area contributed by atoms with Crippen molar-refractivity contribution in [2.24, 2.45) is 0 Å². The normalized spacial score (nSPS) is 12.7. The van der Waals surface area contributed by atoms with Gasteiger partial charge in [0.25, 0.3) is 0 Å². The van der Waals surface area contributed by atoms with E-state index in [0.29, 0.717) is 11.1 Å². The summed E-state index contributed by atoms with van der Waals surface area (Å²) in [7, 11) is 2.09. The van der Waals surface area contributed by atoms with E-state index in [1.165, 1.54) is 42.5 Å². The number of carbonyl (C=O) groups is 4. The highest BCUT2D eigenvalue weighted by Gasteiger charge is 2.32. The standard InChI is InChI=1S/C38H36O16/c1-51-37(49)33(13-20-4-8-26(40)29(43)12-20)54-36(48)18-24(21-6-9-27(41)30(44)14-21)23-17-32(46)31(45)15-22(23)16-34(38(50)52-2)53-35(47)10-5-19-3-7-25(39)28(42)11-19/h3-12,14-15,17,24,33-34,39-46H,13,16,18H2,1-2H3/t24-,33+,34-/m1/s1. The zero-order valence-electron chi connectivity index (χ0n) is 28.7. The van der Waals surface area contributed by atoms with Gasteiger partial charge in [-0.1, -0.05) is 18.2 Å². The summed E-state index contributed by atoms with van der Waals surface area (Å²) < 4.78 is 20.5. The number of rotatable bonds is 14. The molecule has 3 atom stereocenters. The number of phenolic OH excluding ortho intramolecular Hbond substituents is 8. The van der Waals surface area contributed by atoms with Crippen molar-refractivity contribution in [3.8, 4) is 46.0 Å². The Morgan fingerprint density at radius 2 is 1.13 bits per heavy atom. The second-order valence-corrected chi connectivity index (χ2v) is 11.8. The van der Waals surface area contributed by atoms with Gasteiger partial charge in [0.05, 0.1) is 20.6 Å². The number of phenols is 8. The van der Waals surface area contributed by atoms with Crippen LogP contribution in [0.5, 0.6) is 46.0 Å². The molecule has 16 nitrogen and oxygen atoms in total. The molecule has 0 aromatic heterocycles. The van der Waals surface area contributed by atoms with Gasteiger partial charge in [-0.15, -0.1) is 0 Å². The number of methoxy groups -OCH3 is 2. The Kier molecular flexibility index (Phi) is 12.8. The zero-order chi connectivity index (χ0) is 39.7. The zero-order valence-corrected chi connectivity index (χ0v) is 28.7. The average Bonchev–Trinajstić information content (AvgIpc) is 3.14. The molecule has 0 aliphatic carbocycles. The van der Waals surface area contributed by atoms with Crippen molar-refractivity contribution in [1.82, 2.24) is 0 Å². The van der Waals surface area contributed by atoms with Gasteiger partial charge < -0.3 is 59.8 Å². The molecule has 0 spiro atoms. The summed E-state index contributed by atoms with van der Waals surface area (Å²) in [5, 5.41) is 80.2. The maximum Gasteiger partial charge on any atom is 0.347 e. The first-order valence-corrected chi connectivity index (χ1v) is 15.9. The Labute approximate surface area is 306 Å². The van der Waals surface area contributed by atoms with Gasteiger partial charge in [-0.25, -0.2) is 14.4 Å². The fourth-order valence-electron chi connectivity index (χ4n) is 5.38. The van der Waals surface area contributed by atoms with Crippen molar-refractivity contribution in [3.05, 3.63) is 101 Å². The summed E-state index contributed by atoms with van der Waals surface area (Å²) in [4.78, 5) is 51.9. The van der Waals surface area contributed by atoms with Crippen LogP contribution in [0, 0.1) is 0 Å². The van der Waals surface area contributed by atoms with Crippen LogP contribution in [0.25, 0.3) is 6.08 Å². The fourth-order valence-corrected chi connectivity index (χ4v) is 5.38. The van der Waals surface area contributed by atoms with Crippen LogP contribution in [0.4, 0.5) is 0 Å². The molecule has 4 aromatic rings. The number of benzene rings is 4. The molecule has 0 unspecified atom stereocenters. The monoisotopic (exact) mass is 748 g/mol. The highest BCUT2D eigenvalue weighted by atomic mass is 16.6. The second-order valence-electron chi connectivity index (χ2n) is 11.8. The molecule has 54 heavy (non-hydrogen) atoms. The lowest BCUT2D eigenvalue weighted by molar-refractivity contribution is -0.166. The lowest BCUT2D eigenvalue weighted by atomic mass is 9.83. The van der Waals surface area contributed by atoms with Gasteiger partial charge in [-0.3, -0.25) is 4.79 Å². The maximum absolute atomic E-state index is 13.6. The number of esters is 4. The van der Waals surface area contributed by atoms with Gasteiger partial charge in [0, 0.05) is 24.8 Å². The summed E-state index contributed by atoms with van der Waals surface area (Å²) in [5.74, 6) is -9.42. The average molecular weight is 749 g/mol. The van der Waals surface area contributed by atoms with Gasteiger partial charge in [0.15, 0.2) is 46.0 Å². The molecule has 284 valence electrons. The molecule has 0 aliphatic rings. The molecule has 8 N–H and O–H groups in total. The van der Waals surface area contributed by atoms with E-state index < -0.39 is 95.1 Å². The lowest BCUT2D eigenvalue weighted by Crippen LogP contribution is -2.32. The second kappa shape index (κ2) is 17.4. The molecule has 0 saturated carbocycles. The maximum atomic E-state index is 13.6. The Bertz CT molecular complexity index is 2070. The summed E-state index contributed by atoms with van der Waals surface area (Å²) in [6, 6.07) is 13.1. The number of hydrogen-bond donors (Lipinski definition) is 8. The molecule has 0 aliphatic heterocycles. The van der Waals surface area contributed by atoms with E-state index in [9.17, 15) is 60.0 Å². The molecule has 0 saturated heterocycles. The lowest BCUT2D eigenvalue weighted by Gasteiger charge is -2.24. The molecular formula is C38H36O16. The first-order chi connectivity index (χ1) is 25.6. The molecular weight excluding hydrogens is 712 g/mol. The SMILES string of the molecule is COC(=O)[C@H](Cc1ccc(O)c(O)c1)OC(=O)C[C@H](c1ccc(O)c(O)c1)c1cc(O)c(O)cc1C[C@@H](OC(=O)C=Cc1ccc(O)c(O)c1)C(=O)OC. The fraction of sp³-hybridized carbons (Fsp3) is 0.211. The largest absolute Gasteiger partial charge is 0.504 e. The molecule has 0 heterocycles. The van der Waals surface area contributed by atoms with Crippen LogP contribution in [-0.2, 0) is 51.0 Å². The highest BCUT2D eigenvalue weighted by molar-refractivity contribution is 5.89. The van der Waals surface area contributed by atoms with Gasteiger partial charge in [0.2, 0.25) is 12.2 Å². The van der Waals surface area contributed by atoms with E-state index in [2.05, 4.69) is 0 Å². The van der Waals surface area contributed by atoms with Gasteiger partial charge in [-0.05, 0) is 82.4 Å². The highest BCUT2D eigenvalue weighted by Crippen LogP contribution is 2.40. The van der Waals surface area contributed by atoms with E-state index in [4.69, 9.17) is 18.9 Å². The first kappa shape index (κ1) is 39.7. The molecule has 16 heteroatoms. The summed E-state index contributed by atoms with van der Waals surface area (Å²) in [5.41, 5.74) is 0.822. The molecule has 0 radical (unpaired) electrons. The van der Waals surface area contributed by atoms with E-state index >= 15 is 0 Å². The van der Waals surface area contributed by atoms with Gasteiger partial charge in [0.1, 0.15) is 0 Å². The van der Waals surface area contributed by atoms with Crippen molar-refractivity contribution < 1.29 is 79.0 Å². The minimum absolute atomic E-state index is 0.0374. The number of carbonyl (C=O) groups excluding carboxylic acids is 4. The van der Waals surface area contributed by atoms with E-state index in [-0.39, 0.29) is 28.9 Å². The van der Waals surface area contributed by atoms with Crippen molar-refractivity contribution >= 4 is 30.0 Å². The quantitative estimate of drug-likeness (QED) is 0.0397. The predicted octanol–water partition coefficient (Wildman–Crippen LogP) is 3.52. The van der Waals surface area contributed by atoms with Crippen molar-refractivity contribution in [2.45, 2.75) is 37.4 Å². The Hall–Kier alpha value is -7.10. The van der Waals surface area contributed by atoms with Crippen LogP contribution in [-0.4, -0.2) is 91.2 Å². The van der Waals surface area contributed by atoms with Gasteiger partial charge in [-0.2, -0.15) is 0 Å². The minimum atomic E-state index is -1.67. The van der Waals surface area contributed by atoms with E-state index in [1.54, 1.807) is 0 Å². The van der Waals surface area contributed by atoms with Crippen molar-refractivity contribution in [2.75, 3.05) is 14.2 Å². The molecule has 0 fully saturated rings. The Balaban J connectivity index is 1.70. The third-order valence-electron chi connectivity index (χ3n) is 8.12. The molecule has 4 rings (SSSR count). The minimum Gasteiger partial charge on any atom is -0.504 e. The number of hydrogen-bond acceptors (Lipinski definition) is 16. The smallest absolute Gasteiger partial charge is 0.347 e. The summed E-state index contributed by atoms with van der Waals surface area (Å²) in [6.45, 7) is 0. The Morgan fingerprint density at radius 1 is 0.593 bits per heavy atom. The van der Waals surface area contributed by atoms with Crippen LogP contribution in [0.1, 0.15) is 40.2 Å². The van der Waals surface area contributed by atoms with E-state index in [0.717, 1.165) is 50.6 Å². The van der Waals surface area contributed by atoms with Crippen molar-refractivity contribution in [1.29, 1.82) is 0 Å². The third kappa shape index (κ3) is 10.0. The molecule has 0 bridgehead atoms. The molecule has 0 amide bonds. The first-order valence-electron chi connectivity index (χ1n) is 15.9.